The molecule has 0 aliphatic rings. The van der Waals surface area contributed by atoms with Gasteiger partial charge in [-0.05, 0) is 26.7 Å². The lowest BCUT2D eigenvalue weighted by Crippen LogP contribution is -2.38. The topological polar surface area (TPSA) is 46.5 Å². The van der Waals surface area contributed by atoms with E-state index in [1.807, 2.05) is 6.92 Å². The van der Waals surface area contributed by atoms with Crippen LogP contribution in [0.4, 0.5) is 0 Å². The van der Waals surface area contributed by atoms with E-state index in [2.05, 4.69) is 6.92 Å². The minimum atomic E-state index is -0.984. The maximum Gasteiger partial charge on any atom is 0.335 e. The van der Waals surface area contributed by atoms with Crippen LogP contribution in [-0.4, -0.2) is 23.3 Å². The van der Waals surface area contributed by atoms with E-state index in [1.165, 1.54) is 12.8 Å². The van der Waals surface area contributed by atoms with Crippen molar-refractivity contribution in [3.63, 3.8) is 0 Å². The summed E-state index contributed by atoms with van der Waals surface area (Å²) in [6.07, 6.45) is 4.96. The Morgan fingerprint density at radius 3 is 2.36 bits per heavy atom. The van der Waals surface area contributed by atoms with Gasteiger partial charge in [-0.2, -0.15) is 0 Å². The Morgan fingerprint density at radius 2 is 1.93 bits per heavy atom. The molecule has 0 heterocycles. The minimum Gasteiger partial charge on any atom is -0.479 e. The lowest BCUT2D eigenvalue weighted by atomic mass is 9.98. The summed E-state index contributed by atoms with van der Waals surface area (Å²) in [4.78, 5) is 10.9. The Hall–Kier alpha value is -0.570. The lowest BCUT2D eigenvalue weighted by Gasteiger charge is -2.24. The second kappa shape index (κ2) is 6.82. The highest BCUT2D eigenvalue weighted by Gasteiger charge is 2.32. The molecular weight excluding hydrogens is 180 g/mol. The average Bonchev–Trinajstić information content (AvgIpc) is 2.13. The Labute approximate surface area is 86.5 Å². The monoisotopic (exact) mass is 202 g/mol. The zero-order valence-electron chi connectivity index (χ0n) is 9.51. The summed E-state index contributed by atoms with van der Waals surface area (Å²) in [5.41, 5.74) is -0.984. The molecule has 0 saturated carbocycles. The van der Waals surface area contributed by atoms with Gasteiger partial charge in [0.05, 0.1) is 0 Å². The highest BCUT2D eigenvalue weighted by atomic mass is 16.5. The molecule has 0 aliphatic carbocycles. The van der Waals surface area contributed by atoms with E-state index in [0.717, 1.165) is 12.8 Å². The molecule has 0 saturated heterocycles. The van der Waals surface area contributed by atoms with E-state index in [0.29, 0.717) is 13.0 Å². The van der Waals surface area contributed by atoms with E-state index in [9.17, 15) is 4.79 Å². The van der Waals surface area contributed by atoms with E-state index in [4.69, 9.17) is 9.84 Å². The molecule has 0 aliphatic heterocycles. The van der Waals surface area contributed by atoms with Gasteiger partial charge in [-0.15, -0.1) is 0 Å². The molecule has 3 nitrogen and oxygen atoms in total. The van der Waals surface area contributed by atoms with Gasteiger partial charge in [0.25, 0.3) is 0 Å². The molecule has 0 radical (unpaired) electrons. The molecule has 0 rings (SSSR count). The third-order valence-corrected chi connectivity index (χ3v) is 2.42. The summed E-state index contributed by atoms with van der Waals surface area (Å²) in [7, 11) is 0. The van der Waals surface area contributed by atoms with E-state index in [1.54, 1.807) is 6.92 Å². The molecule has 0 aromatic rings. The molecule has 84 valence electrons. The number of hydrogen-bond donors (Lipinski definition) is 1. The van der Waals surface area contributed by atoms with Crippen molar-refractivity contribution in [1.29, 1.82) is 0 Å². The van der Waals surface area contributed by atoms with Gasteiger partial charge in [-0.25, -0.2) is 4.79 Å². The van der Waals surface area contributed by atoms with Crippen LogP contribution in [-0.2, 0) is 9.53 Å². The molecule has 0 aromatic carbocycles. The van der Waals surface area contributed by atoms with Gasteiger partial charge in [0, 0.05) is 6.61 Å². The van der Waals surface area contributed by atoms with E-state index < -0.39 is 11.6 Å². The molecule has 1 atom stereocenters. The molecule has 0 unspecified atom stereocenters. The van der Waals surface area contributed by atoms with Crippen LogP contribution < -0.4 is 0 Å². The van der Waals surface area contributed by atoms with Crippen LogP contribution in [0.2, 0.25) is 0 Å². The van der Waals surface area contributed by atoms with Crippen molar-refractivity contribution >= 4 is 5.97 Å². The fourth-order valence-corrected chi connectivity index (χ4v) is 1.45. The number of unbranched alkanes of at least 4 members (excludes halogenated alkanes) is 3. The summed E-state index contributed by atoms with van der Waals surface area (Å²) in [6.45, 7) is 6.08. The SMILES string of the molecule is CCCCCC[C@](C)(OCC)C(=O)O. The lowest BCUT2D eigenvalue weighted by molar-refractivity contribution is -0.164. The normalized spacial score (nSPS) is 15.1. The third-order valence-electron chi connectivity index (χ3n) is 2.42. The molecule has 0 spiro atoms. The number of rotatable bonds is 8. The van der Waals surface area contributed by atoms with Crippen LogP contribution in [0.15, 0.2) is 0 Å². The molecule has 3 heteroatoms. The van der Waals surface area contributed by atoms with Crippen LogP contribution in [0.5, 0.6) is 0 Å². The maximum atomic E-state index is 10.9. The summed E-state index contributed by atoms with van der Waals surface area (Å²) >= 11 is 0. The molecule has 0 fully saturated rings. The van der Waals surface area contributed by atoms with Crippen LogP contribution in [0.25, 0.3) is 0 Å². The first-order valence-electron chi connectivity index (χ1n) is 5.44. The van der Waals surface area contributed by atoms with Gasteiger partial charge < -0.3 is 9.84 Å². The Balaban J connectivity index is 3.90. The predicted octanol–water partition coefficient (Wildman–Crippen LogP) is 2.84. The zero-order chi connectivity index (χ0) is 11.0. The van der Waals surface area contributed by atoms with Crippen LogP contribution in [0.1, 0.15) is 52.9 Å². The number of carboxylic acid groups (broad SMARTS) is 1. The minimum absolute atomic E-state index is 0.455. The van der Waals surface area contributed by atoms with Crippen molar-refractivity contribution in [2.75, 3.05) is 6.61 Å². The molecule has 0 aromatic heterocycles. The van der Waals surface area contributed by atoms with Crippen LogP contribution >= 0.6 is 0 Å². The van der Waals surface area contributed by atoms with Gasteiger partial charge in [0.1, 0.15) is 0 Å². The largest absolute Gasteiger partial charge is 0.479 e. The second-order valence-electron chi connectivity index (χ2n) is 3.78. The summed E-state index contributed by atoms with van der Waals surface area (Å²) in [5.74, 6) is -0.851. The van der Waals surface area contributed by atoms with E-state index >= 15 is 0 Å². The number of aliphatic carboxylic acids is 1. The van der Waals surface area contributed by atoms with Gasteiger partial charge in [-0.3, -0.25) is 0 Å². The fraction of sp³-hybridized carbons (Fsp3) is 0.909. The first kappa shape index (κ1) is 13.4. The van der Waals surface area contributed by atoms with Crippen molar-refractivity contribution in [3.05, 3.63) is 0 Å². The van der Waals surface area contributed by atoms with Crippen molar-refractivity contribution in [2.24, 2.45) is 0 Å². The Bertz CT molecular complexity index is 168. The molecular formula is C11H22O3. The van der Waals surface area contributed by atoms with Gasteiger partial charge >= 0.3 is 5.97 Å². The van der Waals surface area contributed by atoms with Crippen LogP contribution in [0.3, 0.4) is 0 Å². The van der Waals surface area contributed by atoms with Gasteiger partial charge in [-0.1, -0.05) is 26.2 Å². The third kappa shape index (κ3) is 4.61. The van der Waals surface area contributed by atoms with Gasteiger partial charge in [0.2, 0.25) is 0 Å². The standard InChI is InChI=1S/C11H22O3/c1-4-6-7-8-9-11(3,10(12)13)14-5-2/h4-9H2,1-3H3,(H,12,13)/t11-/m0/s1. The summed E-state index contributed by atoms with van der Waals surface area (Å²) in [5, 5.41) is 9.00. The Kier molecular flexibility index (Phi) is 6.54. The number of hydrogen-bond acceptors (Lipinski definition) is 2. The second-order valence-corrected chi connectivity index (χ2v) is 3.78. The summed E-state index contributed by atoms with van der Waals surface area (Å²) in [6, 6.07) is 0. The zero-order valence-corrected chi connectivity index (χ0v) is 9.51. The molecule has 14 heavy (non-hydrogen) atoms. The highest BCUT2D eigenvalue weighted by Crippen LogP contribution is 2.20. The quantitative estimate of drug-likeness (QED) is 0.616. The number of ether oxygens (including phenoxy) is 1. The van der Waals surface area contributed by atoms with Crippen molar-refractivity contribution in [3.8, 4) is 0 Å². The first-order valence-corrected chi connectivity index (χ1v) is 5.44. The number of carbonyl (C=O) groups is 1. The smallest absolute Gasteiger partial charge is 0.335 e. The van der Waals surface area contributed by atoms with E-state index in [-0.39, 0.29) is 0 Å². The fourth-order valence-electron chi connectivity index (χ4n) is 1.45. The molecule has 0 amide bonds. The maximum absolute atomic E-state index is 10.9. The first-order chi connectivity index (χ1) is 6.56. The molecule has 1 N–H and O–H groups in total. The van der Waals surface area contributed by atoms with Crippen molar-refractivity contribution in [2.45, 2.75) is 58.5 Å². The molecule has 0 bridgehead atoms. The average molecular weight is 202 g/mol. The van der Waals surface area contributed by atoms with Crippen molar-refractivity contribution in [1.82, 2.24) is 0 Å². The van der Waals surface area contributed by atoms with Crippen LogP contribution in [0, 0.1) is 0 Å². The summed E-state index contributed by atoms with van der Waals surface area (Å²) < 4.78 is 5.27. The predicted molar refractivity (Wildman–Crippen MR) is 56.4 cm³/mol. The Morgan fingerprint density at radius 1 is 1.29 bits per heavy atom. The van der Waals surface area contributed by atoms with Gasteiger partial charge in [0.15, 0.2) is 5.60 Å². The highest BCUT2D eigenvalue weighted by molar-refractivity contribution is 5.76. The number of carboxylic acids is 1. The van der Waals surface area contributed by atoms with Crippen molar-refractivity contribution < 1.29 is 14.6 Å².